The molecule has 0 aliphatic heterocycles. The zero-order valence-corrected chi connectivity index (χ0v) is 19.0. The van der Waals surface area contributed by atoms with Crippen LogP contribution in [-0.2, 0) is 18.5 Å². The first-order valence-corrected chi connectivity index (χ1v) is 8.44. The third-order valence-corrected chi connectivity index (χ3v) is 3.90. The van der Waals surface area contributed by atoms with Gasteiger partial charge in [0.25, 0.3) is 0 Å². The van der Waals surface area contributed by atoms with E-state index in [4.69, 9.17) is 9.15 Å². The summed E-state index contributed by atoms with van der Waals surface area (Å²) in [5, 5.41) is 3.21. The number of aromatic nitrogens is 1. The molecule has 0 radical (unpaired) electrons. The number of methoxy groups -OCH3 is 1. The van der Waals surface area contributed by atoms with Crippen LogP contribution >= 0.6 is 24.0 Å². The Labute approximate surface area is 177 Å². The van der Waals surface area contributed by atoms with Gasteiger partial charge in [-0.05, 0) is 17.7 Å². The first kappa shape index (κ1) is 23.2. The smallest absolute Gasteiger partial charge is 0.213 e. The van der Waals surface area contributed by atoms with Gasteiger partial charge >= 0.3 is 0 Å². The highest BCUT2D eigenvalue weighted by molar-refractivity contribution is 14.0. The van der Waals surface area contributed by atoms with Crippen LogP contribution in [0.3, 0.4) is 0 Å². The largest absolute Gasteiger partial charge is 0.494 e. The van der Waals surface area contributed by atoms with Gasteiger partial charge in [0.2, 0.25) is 5.89 Å². The molecule has 0 aliphatic carbocycles. The van der Waals surface area contributed by atoms with Gasteiger partial charge in [-0.25, -0.2) is 9.37 Å². The maximum atomic E-state index is 13.8. The van der Waals surface area contributed by atoms with Crippen LogP contribution in [0.5, 0.6) is 5.75 Å². The molecule has 1 N–H and O–H groups in total. The Balaban J connectivity index is 0.00000364. The fourth-order valence-electron chi connectivity index (χ4n) is 2.44. The molecule has 1 aromatic carbocycles. The second kappa shape index (κ2) is 9.91. The molecule has 0 saturated carbocycles. The van der Waals surface area contributed by atoms with Gasteiger partial charge in [-0.3, -0.25) is 4.99 Å². The number of hydrogen-bond donors (Lipinski definition) is 1. The van der Waals surface area contributed by atoms with E-state index in [9.17, 15) is 4.39 Å². The van der Waals surface area contributed by atoms with E-state index in [1.165, 1.54) is 13.2 Å². The first-order chi connectivity index (χ1) is 12.2. The molecule has 1 aromatic heterocycles. The van der Waals surface area contributed by atoms with Gasteiger partial charge in [0.15, 0.2) is 17.5 Å². The van der Waals surface area contributed by atoms with Crippen LogP contribution in [0.15, 0.2) is 33.8 Å². The Hall–Kier alpha value is -1.84. The standard InChI is InChI=1S/C19H27FN4O2.HI/c1-19(2,3)16-10-22-17(26-16)11-23-18(21-4)24(5)12-13-7-8-15(25-6)14(20)9-13;/h7-10H,11-12H2,1-6H3,(H,21,23);1H. The van der Waals surface area contributed by atoms with Crippen LogP contribution in [-0.4, -0.2) is 37.0 Å². The molecule has 0 amide bonds. The summed E-state index contributed by atoms with van der Waals surface area (Å²) in [6.07, 6.45) is 1.75. The Morgan fingerprint density at radius 2 is 2.07 bits per heavy atom. The fraction of sp³-hybridized carbons (Fsp3) is 0.474. The molecular weight excluding hydrogens is 462 g/mol. The highest BCUT2D eigenvalue weighted by Gasteiger charge is 2.19. The van der Waals surface area contributed by atoms with Crippen LogP contribution < -0.4 is 10.1 Å². The van der Waals surface area contributed by atoms with Crippen LogP contribution in [0.25, 0.3) is 0 Å². The Morgan fingerprint density at radius 1 is 1.37 bits per heavy atom. The molecule has 0 unspecified atom stereocenters. The number of benzene rings is 1. The van der Waals surface area contributed by atoms with Crippen molar-refractivity contribution in [3.8, 4) is 5.75 Å². The minimum Gasteiger partial charge on any atom is -0.494 e. The van der Waals surface area contributed by atoms with Crippen molar-refractivity contribution in [1.29, 1.82) is 0 Å². The summed E-state index contributed by atoms with van der Waals surface area (Å²) in [4.78, 5) is 10.4. The van der Waals surface area contributed by atoms with E-state index >= 15 is 0 Å². The van der Waals surface area contributed by atoms with E-state index in [0.717, 1.165) is 11.3 Å². The predicted molar refractivity (Wildman–Crippen MR) is 115 cm³/mol. The van der Waals surface area contributed by atoms with Crippen molar-refractivity contribution in [2.45, 2.75) is 39.3 Å². The number of ether oxygens (including phenoxy) is 1. The van der Waals surface area contributed by atoms with Crippen molar-refractivity contribution in [2.24, 2.45) is 4.99 Å². The van der Waals surface area contributed by atoms with Gasteiger partial charge in [-0.2, -0.15) is 0 Å². The first-order valence-electron chi connectivity index (χ1n) is 8.44. The van der Waals surface area contributed by atoms with Crippen LogP contribution in [0, 0.1) is 5.82 Å². The van der Waals surface area contributed by atoms with Crippen molar-refractivity contribution in [2.75, 3.05) is 21.2 Å². The number of hydrogen-bond acceptors (Lipinski definition) is 4. The molecule has 0 fully saturated rings. The average Bonchev–Trinajstić information content (AvgIpc) is 3.05. The molecule has 150 valence electrons. The lowest BCUT2D eigenvalue weighted by Gasteiger charge is -2.22. The van der Waals surface area contributed by atoms with E-state index in [0.29, 0.717) is 24.9 Å². The lowest BCUT2D eigenvalue weighted by atomic mass is 9.94. The van der Waals surface area contributed by atoms with Crippen molar-refractivity contribution < 1.29 is 13.5 Å². The number of oxazole rings is 1. The predicted octanol–water partition coefficient (Wildman–Crippen LogP) is 3.95. The molecule has 0 spiro atoms. The fourth-order valence-corrected chi connectivity index (χ4v) is 2.44. The minimum atomic E-state index is -0.379. The highest BCUT2D eigenvalue weighted by Crippen LogP contribution is 2.22. The summed E-state index contributed by atoms with van der Waals surface area (Å²) in [6.45, 7) is 7.14. The molecule has 2 rings (SSSR count). The molecule has 0 aliphatic rings. The summed E-state index contributed by atoms with van der Waals surface area (Å²) < 4.78 is 24.6. The maximum Gasteiger partial charge on any atom is 0.213 e. The van der Waals surface area contributed by atoms with Crippen molar-refractivity contribution in [3.05, 3.63) is 47.4 Å². The summed E-state index contributed by atoms with van der Waals surface area (Å²) in [5.74, 6) is 1.95. The van der Waals surface area contributed by atoms with Crippen molar-refractivity contribution in [3.63, 3.8) is 0 Å². The Bertz CT molecular complexity index is 771. The van der Waals surface area contributed by atoms with E-state index in [-0.39, 0.29) is 41.0 Å². The maximum absolute atomic E-state index is 13.8. The molecule has 1 heterocycles. The number of rotatable bonds is 5. The summed E-state index contributed by atoms with van der Waals surface area (Å²) in [7, 11) is 5.03. The van der Waals surface area contributed by atoms with E-state index < -0.39 is 0 Å². The summed E-state index contributed by atoms with van der Waals surface area (Å²) in [5.41, 5.74) is 0.738. The summed E-state index contributed by atoms with van der Waals surface area (Å²) in [6, 6.07) is 4.91. The molecule has 6 nitrogen and oxygen atoms in total. The zero-order valence-electron chi connectivity index (χ0n) is 16.7. The number of nitrogens with zero attached hydrogens (tertiary/aromatic N) is 3. The minimum absolute atomic E-state index is 0. The molecule has 0 atom stereocenters. The lowest BCUT2D eigenvalue weighted by molar-refractivity contribution is 0.376. The van der Waals surface area contributed by atoms with Gasteiger partial charge in [-0.1, -0.05) is 26.8 Å². The van der Waals surface area contributed by atoms with E-state index in [1.54, 1.807) is 19.3 Å². The third kappa shape index (κ3) is 6.37. The van der Waals surface area contributed by atoms with E-state index in [1.807, 2.05) is 18.0 Å². The highest BCUT2D eigenvalue weighted by atomic mass is 127. The average molecular weight is 490 g/mol. The SMILES string of the molecule is CN=C(NCc1ncc(C(C)(C)C)o1)N(C)Cc1ccc(OC)c(F)c1.I. The second-order valence-electron chi connectivity index (χ2n) is 7.09. The molecule has 0 saturated heterocycles. The number of nitrogens with one attached hydrogen (secondary N) is 1. The topological polar surface area (TPSA) is 62.9 Å². The Kier molecular flexibility index (Phi) is 8.52. The number of aliphatic imine (C=N–C) groups is 1. The molecule has 8 heteroatoms. The van der Waals surface area contributed by atoms with Crippen LogP contribution in [0.4, 0.5) is 4.39 Å². The molecule has 0 bridgehead atoms. The third-order valence-electron chi connectivity index (χ3n) is 3.90. The van der Waals surface area contributed by atoms with Gasteiger partial charge < -0.3 is 19.4 Å². The monoisotopic (exact) mass is 490 g/mol. The van der Waals surface area contributed by atoms with Crippen molar-refractivity contribution in [1.82, 2.24) is 15.2 Å². The number of halogens is 2. The van der Waals surface area contributed by atoms with Gasteiger partial charge in [0.1, 0.15) is 5.76 Å². The zero-order chi connectivity index (χ0) is 19.3. The lowest BCUT2D eigenvalue weighted by Crippen LogP contribution is -2.38. The Morgan fingerprint density at radius 3 is 2.59 bits per heavy atom. The van der Waals surface area contributed by atoms with Crippen LogP contribution in [0.2, 0.25) is 0 Å². The van der Waals surface area contributed by atoms with Crippen molar-refractivity contribution >= 4 is 29.9 Å². The van der Waals surface area contributed by atoms with E-state index in [2.05, 4.69) is 36.1 Å². The van der Waals surface area contributed by atoms with Crippen LogP contribution in [0.1, 0.15) is 38.0 Å². The normalized spacial score (nSPS) is 11.7. The number of guanidine groups is 1. The quantitative estimate of drug-likeness (QED) is 0.391. The van der Waals surface area contributed by atoms with Gasteiger partial charge in [-0.15, -0.1) is 24.0 Å². The molecular formula is C19H28FIN4O2. The summed E-state index contributed by atoms with van der Waals surface area (Å²) >= 11 is 0. The van der Waals surface area contributed by atoms with Gasteiger partial charge in [0, 0.05) is 26.1 Å². The van der Waals surface area contributed by atoms with Gasteiger partial charge in [0.05, 0.1) is 19.9 Å². The second-order valence-corrected chi connectivity index (χ2v) is 7.09. The molecule has 27 heavy (non-hydrogen) atoms. The molecule has 2 aromatic rings.